The monoisotopic (exact) mass is 356 g/mol. The van der Waals surface area contributed by atoms with Crippen LogP contribution in [0.1, 0.15) is 24.7 Å². The van der Waals surface area contributed by atoms with Crippen molar-refractivity contribution in [3.05, 3.63) is 35.8 Å². The van der Waals surface area contributed by atoms with E-state index in [2.05, 4.69) is 9.38 Å². The molecule has 2 aromatic rings. The highest BCUT2D eigenvalue weighted by atomic mass is 16.6. The molecule has 1 atom stereocenters. The minimum atomic E-state index is -0.285. The Morgan fingerprint density at radius 1 is 1.19 bits per heavy atom. The SMILES string of the molecule is CCOC(=O)N1CCN(C(=O)C2CCc3nc4ccccn4c3C2)CC1. The van der Waals surface area contributed by atoms with Crippen LogP contribution < -0.4 is 0 Å². The first-order valence-electron chi connectivity index (χ1n) is 9.32. The summed E-state index contributed by atoms with van der Waals surface area (Å²) < 4.78 is 7.14. The molecule has 2 aliphatic rings. The molecular formula is C19H24N4O3. The van der Waals surface area contributed by atoms with E-state index in [1.807, 2.05) is 29.3 Å². The maximum absolute atomic E-state index is 13.0. The molecule has 4 rings (SSSR count). The molecule has 0 spiro atoms. The number of aromatic nitrogens is 2. The van der Waals surface area contributed by atoms with Gasteiger partial charge < -0.3 is 18.9 Å². The number of imidazole rings is 1. The number of rotatable bonds is 2. The van der Waals surface area contributed by atoms with Crippen molar-refractivity contribution >= 4 is 17.6 Å². The van der Waals surface area contributed by atoms with Gasteiger partial charge in [0.15, 0.2) is 0 Å². The molecule has 26 heavy (non-hydrogen) atoms. The second-order valence-electron chi connectivity index (χ2n) is 6.89. The van der Waals surface area contributed by atoms with Crippen LogP contribution >= 0.6 is 0 Å². The van der Waals surface area contributed by atoms with Gasteiger partial charge in [-0.25, -0.2) is 9.78 Å². The van der Waals surface area contributed by atoms with E-state index in [1.54, 1.807) is 11.8 Å². The normalized spacial score (nSPS) is 20.1. The summed E-state index contributed by atoms with van der Waals surface area (Å²) in [6.45, 7) is 4.41. The molecule has 1 saturated heterocycles. The van der Waals surface area contributed by atoms with E-state index < -0.39 is 0 Å². The molecular weight excluding hydrogens is 332 g/mol. The van der Waals surface area contributed by atoms with Gasteiger partial charge in [-0.05, 0) is 31.9 Å². The topological polar surface area (TPSA) is 67.2 Å². The van der Waals surface area contributed by atoms with E-state index in [-0.39, 0.29) is 17.9 Å². The number of carbonyl (C=O) groups is 2. The van der Waals surface area contributed by atoms with Crippen LogP contribution in [0.2, 0.25) is 0 Å². The van der Waals surface area contributed by atoms with Crippen molar-refractivity contribution in [2.24, 2.45) is 5.92 Å². The smallest absolute Gasteiger partial charge is 0.409 e. The lowest BCUT2D eigenvalue weighted by molar-refractivity contribution is -0.137. The van der Waals surface area contributed by atoms with E-state index in [4.69, 9.17) is 4.74 Å². The van der Waals surface area contributed by atoms with Crippen LogP contribution in [0, 0.1) is 5.92 Å². The number of hydrogen-bond donors (Lipinski definition) is 0. The van der Waals surface area contributed by atoms with Crippen molar-refractivity contribution in [2.45, 2.75) is 26.2 Å². The molecule has 1 aliphatic heterocycles. The van der Waals surface area contributed by atoms with E-state index >= 15 is 0 Å². The molecule has 7 nitrogen and oxygen atoms in total. The van der Waals surface area contributed by atoms with Crippen LogP contribution in [0.15, 0.2) is 24.4 Å². The Kier molecular flexibility index (Phi) is 4.53. The number of ether oxygens (including phenoxy) is 1. The molecule has 1 aliphatic carbocycles. The summed E-state index contributed by atoms with van der Waals surface area (Å²) in [5, 5.41) is 0. The number of piperazine rings is 1. The Labute approximate surface area is 152 Å². The highest BCUT2D eigenvalue weighted by Gasteiger charge is 2.33. The van der Waals surface area contributed by atoms with Crippen LogP contribution in [0.5, 0.6) is 0 Å². The summed E-state index contributed by atoms with van der Waals surface area (Å²) in [6.07, 6.45) is 4.15. The number of nitrogens with zero attached hydrogens (tertiary/aromatic N) is 4. The highest BCUT2D eigenvalue weighted by molar-refractivity contribution is 5.80. The predicted molar refractivity (Wildman–Crippen MR) is 95.9 cm³/mol. The predicted octanol–water partition coefficient (Wildman–Crippen LogP) is 1.74. The number of fused-ring (bicyclic) bond motifs is 3. The van der Waals surface area contributed by atoms with Crippen molar-refractivity contribution in [1.82, 2.24) is 19.2 Å². The summed E-state index contributed by atoms with van der Waals surface area (Å²) >= 11 is 0. The Balaban J connectivity index is 1.41. The van der Waals surface area contributed by atoms with Gasteiger partial charge in [0, 0.05) is 50.4 Å². The second-order valence-corrected chi connectivity index (χ2v) is 6.89. The number of carbonyl (C=O) groups excluding carboxylic acids is 2. The van der Waals surface area contributed by atoms with Gasteiger partial charge in [0.1, 0.15) is 5.65 Å². The highest BCUT2D eigenvalue weighted by Crippen LogP contribution is 2.28. The van der Waals surface area contributed by atoms with Gasteiger partial charge in [-0.2, -0.15) is 0 Å². The van der Waals surface area contributed by atoms with Gasteiger partial charge in [0.2, 0.25) is 5.91 Å². The Bertz CT molecular complexity index is 823. The molecule has 0 radical (unpaired) electrons. The van der Waals surface area contributed by atoms with Gasteiger partial charge in [-0.3, -0.25) is 4.79 Å². The Morgan fingerprint density at radius 3 is 2.73 bits per heavy atom. The number of amides is 2. The minimum Gasteiger partial charge on any atom is -0.450 e. The summed E-state index contributed by atoms with van der Waals surface area (Å²) in [6, 6.07) is 5.98. The Hall–Kier alpha value is -2.57. The fourth-order valence-corrected chi connectivity index (χ4v) is 3.95. The van der Waals surface area contributed by atoms with Crippen LogP contribution in [-0.2, 0) is 22.4 Å². The molecule has 0 bridgehead atoms. The quantitative estimate of drug-likeness (QED) is 0.822. The van der Waals surface area contributed by atoms with E-state index in [0.717, 1.165) is 36.3 Å². The Morgan fingerprint density at radius 2 is 1.96 bits per heavy atom. The van der Waals surface area contributed by atoms with Crippen molar-refractivity contribution in [3.8, 4) is 0 Å². The number of pyridine rings is 1. The zero-order valence-corrected chi connectivity index (χ0v) is 15.1. The molecule has 0 aromatic carbocycles. The lowest BCUT2D eigenvalue weighted by Gasteiger charge is -2.36. The summed E-state index contributed by atoms with van der Waals surface area (Å²) in [4.78, 5) is 33.0. The van der Waals surface area contributed by atoms with Gasteiger partial charge in [-0.15, -0.1) is 0 Å². The van der Waals surface area contributed by atoms with Crippen LogP contribution in [-0.4, -0.2) is 64.0 Å². The molecule has 2 amide bonds. The van der Waals surface area contributed by atoms with Crippen LogP contribution in [0.4, 0.5) is 4.79 Å². The molecule has 3 heterocycles. The average Bonchev–Trinajstić information content (AvgIpc) is 3.05. The van der Waals surface area contributed by atoms with Crippen molar-refractivity contribution in [2.75, 3.05) is 32.8 Å². The number of hydrogen-bond acceptors (Lipinski definition) is 4. The molecule has 0 N–H and O–H groups in total. The molecule has 1 fully saturated rings. The molecule has 1 unspecified atom stereocenters. The largest absolute Gasteiger partial charge is 0.450 e. The maximum atomic E-state index is 13.0. The van der Waals surface area contributed by atoms with Crippen molar-refractivity contribution in [3.63, 3.8) is 0 Å². The third kappa shape index (κ3) is 3.02. The summed E-state index contributed by atoms with van der Waals surface area (Å²) in [5.74, 6) is 0.196. The fraction of sp³-hybridized carbons (Fsp3) is 0.526. The first-order valence-corrected chi connectivity index (χ1v) is 9.32. The molecule has 0 saturated carbocycles. The van der Waals surface area contributed by atoms with E-state index in [0.29, 0.717) is 32.8 Å². The number of aryl methyl sites for hydroxylation is 1. The van der Waals surface area contributed by atoms with Crippen molar-refractivity contribution < 1.29 is 14.3 Å². The lowest BCUT2D eigenvalue weighted by Crippen LogP contribution is -2.52. The molecule has 138 valence electrons. The first-order chi connectivity index (χ1) is 12.7. The molecule has 2 aromatic heterocycles. The third-order valence-electron chi connectivity index (χ3n) is 5.35. The minimum absolute atomic E-state index is 0.00301. The lowest BCUT2D eigenvalue weighted by atomic mass is 9.88. The zero-order chi connectivity index (χ0) is 18.1. The van der Waals surface area contributed by atoms with E-state index in [1.165, 1.54) is 0 Å². The summed E-state index contributed by atoms with van der Waals surface area (Å²) in [5.41, 5.74) is 3.23. The standard InChI is InChI=1S/C19H24N4O3/c1-2-26-19(25)22-11-9-21(10-12-22)18(24)14-6-7-15-16(13-14)23-8-4-3-5-17(23)20-15/h3-5,8,14H,2,6-7,9-13H2,1H3. The van der Waals surface area contributed by atoms with Gasteiger partial charge >= 0.3 is 6.09 Å². The average molecular weight is 356 g/mol. The van der Waals surface area contributed by atoms with Gasteiger partial charge in [-0.1, -0.05) is 6.07 Å². The first kappa shape index (κ1) is 16.9. The maximum Gasteiger partial charge on any atom is 0.409 e. The zero-order valence-electron chi connectivity index (χ0n) is 15.1. The van der Waals surface area contributed by atoms with Gasteiger partial charge in [0.05, 0.1) is 12.3 Å². The fourth-order valence-electron chi connectivity index (χ4n) is 3.95. The molecule has 7 heteroatoms. The van der Waals surface area contributed by atoms with Gasteiger partial charge in [0.25, 0.3) is 0 Å². The third-order valence-corrected chi connectivity index (χ3v) is 5.35. The van der Waals surface area contributed by atoms with Crippen LogP contribution in [0.3, 0.4) is 0 Å². The van der Waals surface area contributed by atoms with E-state index in [9.17, 15) is 9.59 Å². The second kappa shape index (κ2) is 6.97. The van der Waals surface area contributed by atoms with Crippen LogP contribution in [0.25, 0.3) is 5.65 Å². The summed E-state index contributed by atoms with van der Waals surface area (Å²) in [7, 11) is 0. The van der Waals surface area contributed by atoms with Crippen molar-refractivity contribution in [1.29, 1.82) is 0 Å².